The third kappa shape index (κ3) is 2.95. The molecule has 9 nitrogen and oxygen atoms in total. The number of carbonyl (C=O) groups is 2. The first-order valence-corrected chi connectivity index (χ1v) is 9.30. The number of nitrogens with one attached hydrogen (secondary N) is 1. The van der Waals surface area contributed by atoms with Gasteiger partial charge in [-0.05, 0) is 23.4 Å². The molecule has 0 saturated carbocycles. The van der Waals surface area contributed by atoms with E-state index >= 15 is 0 Å². The first-order chi connectivity index (χ1) is 14.3. The van der Waals surface area contributed by atoms with E-state index in [-0.39, 0.29) is 22.2 Å². The summed E-state index contributed by atoms with van der Waals surface area (Å²) in [5.41, 5.74) is 5.72. The molecule has 3 heterocycles. The van der Waals surface area contributed by atoms with E-state index in [0.29, 0.717) is 13.0 Å². The second kappa shape index (κ2) is 7.18. The van der Waals surface area contributed by atoms with Crippen molar-refractivity contribution in [3.05, 3.63) is 73.4 Å². The number of methoxy groups -OCH3 is 1. The van der Waals surface area contributed by atoms with E-state index in [4.69, 9.17) is 5.73 Å². The summed E-state index contributed by atoms with van der Waals surface area (Å²) < 4.78 is 6.23. The first kappa shape index (κ1) is 19.4. The Labute approximate surface area is 169 Å². The van der Waals surface area contributed by atoms with Crippen LogP contribution in [0.3, 0.4) is 0 Å². The average Bonchev–Trinajstić information content (AvgIpc) is 3.15. The summed E-state index contributed by atoms with van der Waals surface area (Å²) in [4.78, 5) is 52.0. The Kier molecular flexibility index (Phi) is 4.65. The lowest BCUT2D eigenvalue weighted by Crippen LogP contribution is -2.30. The molecule has 1 aromatic carbocycles. The summed E-state index contributed by atoms with van der Waals surface area (Å²) in [6, 6.07) is 7.26. The van der Waals surface area contributed by atoms with Crippen molar-refractivity contribution >= 4 is 22.8 Å². The van der Waals surface area contributed by atoms with Crippen LogP contribution in [-0.4, -0.2) is 33.6 Å². The van der Waals surface area contributed by atoms with Crippen LogP contribution in [0.15, 0.2) is 40.1 Å². The molecule has 1 amide bonds. The van der Waals surface area contributed by atoms with Crippen LogP contribution in [0.25, 0.3) is 10.9 Å². The normalized spacial score (nSPS) is 13.4. The lowest BCUT2D eigenvalue weighted by Gasteiger charge is -2.19. The monoisotopic (exact) mass is 409 g/mol. The molecule has 4 rings (SSSR count). The molecule has 0 saturated heterocycles. The van der Waals surface area contributed by atoms with Gasteiger partial charge in [0.1, 0.15) is 11.3 Å². The number of esters is 1. The summed E-state index contributed by atoms with van der Waals surface area (Å²) in [6.07, 6.45) is 1.31. The summed E-state index contributed by atoms with van der Waals surface area (Å²) >= 11 is 0. The smallest absolute Gasteiger partial charge is 0.343 e. The summed E-state index contributed by atoms with van der Waals surface area (Å²) in [6.45, 7) is 0.469. The van der Waals surface area contributed by atoms with Gasteiger partial charge in [-0.3, -0.25) is 14.4 Å². The van der Waals surface area contributed by atoms with Gasteiger partial charge in [0.15, 0.2) is 0 Å². The fourth-order valence-corrected chi connectivity index (χ4v) is 4.13. The van der Waals surface area contributed by atoms with Crippen LogP contribution in [0.4, 0.5) is 0 Å². The van der Waals surface area contributed by atoms with E-state index in [1.165, 1.54) is 0 Å². The molecule has 0 fully saturated rings. The number of nitrogens with two attached hydrogens (primary N) is 1. The lowest BCUT2D eigenvalue weighted by molar-refractivity contribution is -0.118. The molecule has 2 aromatic heterocycles. The van der Waals surface area contributed by atoms with Crippen LogP contribution in [0.5, 0.6) is 5.75 Å². The number of aromatic hydroxyl groups is 1. The summed E-state index contributed by atoms with van der Waals surface area (Å²) in [5.74, 6) is -3.43. The maximum atomic E-state index is 13.3. The number of carbonyl (C=O) groups excluding carboxylic acids is 2. The zero-order valence-electron chi connectivity index (χ0n) is 16.1. The highest BCUT2D eigenvalue weighted by atomic mass is 16.5. The molecule has 1 unspecified atom stereocenters. The van der Waals surface area contributed by atoms with Gasteiger partial charge in [0.2, 0.25) is 5.91 Å². The van der Waals surface area contributed by atoms with Crippen LogP contribution in [0, 0.1) is 0 Å². The van der Waals surface area contributed by atoms with Crippen LogP contribution in [0.1, 0.15) is 39.4 Å². The second-order valence-electron chi connectivity index (χ2n) is 7.17. The molecule has 1 aliphatic rings. The summed E-state index contributed by atoms with van der Waals surface area (Å²) in [5, 5.41) is 11.4. The van der Waals surface area contributed by atoms with Crippen LogP contribution >= 0.6 is 0 Å². The van der Waals surface area contributed by atoms with Crippen molar-refractivity contribution in [3.63, 3.8) is 0 Å². The highest BCUT2D eigenvalue weighted by Gasteiger charge is 2.30. The minimum atomic E-state index is -1.14. The number of para-hydroxylation sites is 1. The number of benzene rings is 1. The average molecular weight is 409 g/mol. The minimum absolute atomic E-state index is 0.142. The molecule has 4 N–H and O–H groups in total. The van der Waals surface area contributed by atoms with Crippen LogP contribution in [-0.2, 0) is 22.5 Å². The quantitative estimate of drug-likeness (QED) is 0.530. The van der Waals surface area contributed by atoms with E-state index < -0.39 is 35.5 Å². The molecule has 0 spiro atoms. The number of H-pyrrole nitrogens is 1. The van der Waals surface area contributed by atoms with Gasteiger partial charge < -0.3 is 25.1 Å². The Morgan fingerprint density at radius 1 is 1.33 bits per heavy atom. The van der Waals surface area contributed by atoms with Crippen molar-refractivity contribution in [1.29, 1.82) is 0 Å². The van der Waals surface area contributed by atoms with Gasteiger partial charge in [-0.1, -0.05) is 18.2 Å². The molecule has 30 heavy (non-hydrogen) atoms. The largest absolute Gasteiger partial charge is 0.506 e. The first-order valence-electron chi connectivity index (χ1n) is 9.30. The minimum Gasteiger partial charge on any atom is -0.506 e. The number of amides is 1. The molecule has 154 valence electrons. The van der Waals surface area contributed by atoms with Gasteiger partial charge in [0.05, 0.1) is 18.2 Å². The van der Waals surface area contributed by atoms with Gasteiger partial charge in [0, 0.05) is 30.6 Å². The predicted octanol–water partition coefficient (Wildman–Crippen LogP) is 0.745. The van der Waals surface area contributed by atoms with Gasteiger partial charge in [-0.15, -0.1) is 0 Å². The number of hydrogen-bond donors (Lipinski definition) is 3. The van der Waals surface area contributed by atoms with E-state index in [2.05, 4.69) is 9.72 Å². The van der Waals surface area contributed by atoms with Gasteiger partial charge in [-0.25, -0.2) is 4.79 Å². The number of rotatable bonds is 5. The fraction of sp³-hybridized carbons (Fsp3) is 0.238. The van der Waals surface area contributed by atoms with Crippen molar-refractivity contribution in [2.75, 3.05) is 7.11 Å². The number of primary amides is 1. The second-order valence-corrected chi connectivity index (χ2v) is 7.17. The Hall–Kier alpha value is -3.88. The fourth-order valence-electron chi connectivity index (χ4n) is 4.13. The number of aromatic nitrogens is 2. The third-order valence-electron chi connectivity index (χ3n) is 5.47. The zero-order chi connectivity index (χ0) is 21.6. The van der Waals surface area contributed by atoms with Crippen LogP contribution < -0.4 is 16.9 Å². The van der Waals surface area contributed by atoms with Crippen molar-refractivity contribution in [2.24, 2.45) is 5.73 Å². The summed E-state index contributed by atoms with van der Waals surface area (Å²) in [7, 11) is 1.13. The zero-order valence-corrected chi connectivity index (χ0v) is 16.1. The maximum absolute atomic E-state index is 13.3. The lowest BCUT2D eigenvalue weighted by atomic mass is 9.87. The van der Waals surface area contributed by atoms with E-state index in [0.717, 1.165) is 29.8 Å². The van der Waals surface area contributed by atoms with E-state index in [1.807, 2.05) is 18.2 Å². The van der Waals surface area contributed by atoms with Gasteiger partial charge in [-0.2, -0.15) is 0 Å². The number of nitrogens with zero attached hydrogens (tertiary/aromatic N) is 1. The Bertz CT molecular complexity index is 1320. The third-order valence-corrected chi connectivity index (χ3v) is 5.47. The topological polar surface area (TPSA) is 144 Å². The standard InChI is InChI=1S/C21H19N3O6/c1-30-21(29)14-9-23-19(27)16(18(14)26)12(8-15(22)25)13-7-11-4-2-3-10-5-6-24(17(10)11)20(13)28/h2-4,7,9,12H,5-6,8H2,1H3,(H2,22,25)(H2,23,26,27). The number of pyridine rings is 2. The SMILES string of the molecule is COC(=O)c1c[nH]c(=O)c(C(CC(N)=O)c2cc3cccc4c3n(c2=O)CC4)c1O. The van der Waals surface area contributed by atoms with Gasteiger partial charge >= 0.3 is 5.97 Å². The number of ether oxygens (including phenoxy) is 1. The van der Waals surface area contributed by atoms with Crippen molar-refractivity contribution in [3.8, 4) is 5.75 Å². The molecule has 1 atom stereocenters. The van der Waals surface area contributed by atoms with Crippen molar-refractivity contribution in [2.45, 2.75) is 25.3 Å². The molecular formula is C21H19N3O6. The van der Waals surface area contributed by atoms with Crippen molar-refractivity contribution < 1.29 is 19.4 Å². The molecule has 1 aliphatic heterocycles. The van der Waals surface area contributed by atoms with E-state index in [9.17, 15) is 24.3 Å². The Balaban J connectivity index is 2.01. The van der Waals surface area contributed by atoms with E-state index in [1.54, 1.807) is 10.6 Å². The number of hydrogen-bond acceptors (Lipinski definition) is 6. The molecule has 0 radical (unpaired) electrons. The van der Waals surface area contributed by atoms with Crippen LogP contribution in [0.2, 0.25) is 0 Å². The van der Waals surface area contributed by atoms with Crippen molar-refractivity contribution in [1.82, 2.24) is 9.55 Å². The predicted molar refractivity (Wildman–Crippen MR) is 108 cm³/mol. The molecule has 9 heteroatoms. The highest BCUT2D eigenvalue weighted by molar-refractivity contribution is 5.92. The highest BCUT2D eigenvalue weighted by Crippen LogP contribution is 2.34. The molecule has 3 aromatic rings. The molecule has 0 bridgehead atoms. The molecular weight excluding hydrogens is 390 g/mol. The molecule has 0 aliphatic carbocycles. The number of aryl methyl sites for hydroxylation is 2. The Morgan fingerprint density at radius 2 is 2.10 bits per heavy atom. The van der Waals surface area contributed by atoms with Gasteiger partial charge in [0.25, 0.3) is 11.1 Å². The Morgan fingerprint density at radius 3 is 2.80 bits per heavy atom. The number of aromatic amines is 1. The maximum Gasteiger partial charge on any atom is 0.343 e.